The van der Waals surface area contributed by atoms with Gasteiger partial charge in [-0.05, 0) is 35.4 Å². The maximum atomic E-state index is 5.23. The fourth-order valence-electron chi connectivity index (χ4n) is 2.59. The first-order valence-electron chi connectivity index (χ1n) is 8.63. The summed E-state index contributed by atoms with van der Waals surface area (Å²) < 4.78 is 15.6. The van der Waals surface area contributed by atoms with Crippen molar-refractivity contribution < 1.29 is 14.2 Å². The zero-order valence-electron chi connectivity index (χ0n) is 15.7. The lowest BCUT2D eigenvalue weighted by Crippen LogP contribution is -2.15. The van der Waals surface area contributed by atoms with Crippen molar-refractivity contribution >= 4 is 34.8 Å². The number of hydrogen-bond donors (Lipinski definition) is 0. The molecule has 0 bridgehead atoms. The summed E-state index contributed by atoms with van der Waals surface area (Å²) in [5.74, 6) is 1.55. The SMILES string of the molecule is COc1ccc(/C=C/c2ccc3ccc(SCC(OC)OC)nc3c2)cc1. The minimum atomic E-state index is -0.230. The summed E-state index contributed by atoms with van der Waals surface area (Å²) >= 11 is 1.62. The predicted molar refractivity (Wildman–Crippen MR) is 112 cm³/mol. The van der Waals surface area contributed by atoms with Gasteiger partial charge in [-0.1, -0.05) is 42.5 Å². The molecule has 0 aliphatic carbocycles. The molecule has 0 aliphatic heterocycles. The van der Waals surface area contributed by atoms with Gasteiger partial charge in [0.15, 0.2) is 6.29 Å². The average Bonchev–Trinajstić information content (AvgIpc) is 2.73. The van der Waals surface area contributed by atoms with Gasteiger partial charge >= 0.3 is 0 Å². The molecular formula is C22H23NO3S. The van der Waals surface area contributed by atoms with Crippen LogP contribution in [-0.4, -0.2) is 38.4 Å². The number of thioether (sulfide) groups is 1. The Labute approximate surface area is 164 Å². The van der Waals surface area contributed by atoms with E-state index in [1.165, 1.54) is 0 Å². The molecule has 2 aromatic carbocycles. The van der Waals surface area contributed by atoms with Crippen LogP contribution in [0.4, 0.5) is 0 Å². The van der Waals surface area contributed by atoms with Crippen LogP contribution in [0.2, 0.25) is 0 Å². The van der Waals surface area contributed by atoms with E-state index in [2.05, 4.69) is 36.4 Å². The number of benzene rings is 2. The van der Waals surface area contributed by atoms with Gasteiger partial charge in [-0.2, -0.15) is 0 Å². The Morgan fingerprint density at radius 3 is 2.26 bits per heavy atom. The highest BCUT2D eigenvalue weighted by Gasteiger charge is 2.07. The van der Waals surface area contributed by atoms with Crippen molar-refractivity contribution in [2.24, 2.45) is 0 Å². The van der Waals surface area contributed by atoms with Crippen LogP contribution in [0.1, 0.15) is 11.1 Å². The van der Waals surface area contributed by atoms with Gasteiger partial charge in [-0.25, -0.2) is 4.98 Å². The van der Waals surface area contributed by atoms with Crippen LogP contribution in [0.3, 0.4) is 0 Å². The van der Waals surface area contributed by atoms with E-state index in [4.69, 9.17) is 19.2 Å². The Morgan fingerprint density at radius 2 is 1.56 bits per heavy atom. The number of rotatable bonds is 8. The Kier molecular flexibility index (Phi) is 6.87. The highest BCUT2D eigenvalue weighted by Crippen LogP contribution is 2.23. The number of fused-ring (bicyclic) bond motifs is 1. The van der Waals surface area contributed by atoms with Crippen molar-refractivity contribution in [3.8, 4) is 5.75 Å². The minimum absolute atomic E-state index is 0.230. The highest BCUT2D eigenvalue weighted by molar-refractivity contribution is 7.99. The summed E-state index contributed by atoms with van der Waals surface area (Å²) in [6.07, 6.45) is 3.95. The summed E-state index contributed by atoms with van der Waals surface area (Å²) in [4.78, 5) is 4.76. The maximum Gasteiger partial charge on any atom is 0.166 e. The molecule has 0 amide bonds. The summed E-state index contributed by atoms with van der Waals surface area (Å²) in [7, 11) is 4.96. The fourth-order valence-corrected chi connectivity index (χ4v) is 3.50. The standard InChI is InChI=1S/C22H23NO3S/c1-24-19-11-7-16(8-12-19)4-5-17-6-9-18-10-13-21(23-20(18)14-17)27-15-22(25-2)26-3/h4-14,22H,15H2,1-3H3/b5-4+. The molecule has 3 aromatic rings. The van der Waals surface area contributed by atoms with Gasteiger partial charge in [-0.3, -0.25) is 0 Å². The van der Waals surface area contributed by atoms with Crippen LogP contribution in [-0.2, 0) is 9.47 Å². The Balaban J connectivity index is 1.75. The largest absolute Gasteiger partial charge is 0.497 e. The predicted octanol–water partition coefficient (Wildman–Crippen LogP) is 5.12. The van der Waals surface area contributed by atoms with Gasteiger partial charge in [0.2, 0.25) is 0 Å². The van der Waals surface area contributed by atoms with Gasteiger partial charge in [-0.15, -0.1) is 11.8 Å². The van der Waals surface area contributed by atoms with Crippen molar-refractivity contribution in [2.45, 2.75) is 11.3 Å². The number of methoxy groups -OCH3 is 3. The fraction of sp³-hybridized carbons (Fsp3) is 0.227. The van der Waals surface area contributed by atoms with Crippen LogP contribution in [0, 0.1) is 0 Å². The second-order valence-electron chi connectivity index (χ2n) is 5.92. The highest BCUT2D eigenvalue weighted by atomic mass is 32.2. The van der Waals surface area contributed by atoms with E-state index in [0.29, 0.717) is 5.75 Å². The summed E-state index contributed by atoms with van der Waals surface area (Å²) in [5.41, 5.74) is 3.21. The third kappa shape index (κ3) is 5.32. The van der Waals surface area contributed by atoms with E-state index in [1.54, 1.807) is 33.1 Å². The van der Waals surface area contributed by atoms with E-state index in [0.717, 1.165) is 32.8 Å². The van der Waals surface area contributed by atoms with E-state index >= 15 is 0 Å². The van der Waals surface area contributed by atoms with Crippen LogP contribution in [0.25, 0.3) is 23.1 Å². The van der Waals surface area contributed by atoms with Crippen molar-refractivity contribution in [3.63, 3.8) is 0 Å². The molecule has 27 heavy (non-hydrogen) atoms. The van der Waals surface area contributed by atoms with E-state index in [-0.39, 0.29) is 6.29 Å². The van der Waals surface area contributed by atoms with Crippen LogP contribution < -0.4 is 4.74 Å². The first-order valence-corrected chi connectivity index (χ1v) is 9.61. The monoisotopic (exact) mass is 381 g/mol. The number of pyridine rings is 1. The topological polar surface area (TPSA) is 40.6 Å². The third-order valence-corrected chi connectivity index (χ3v) is 5.13. The lowest BCUT2D eigenvalue weighted by molar-refractivity contribution is -0.0842. The number of aromatic nitrogens is 1. The molecule has 3 rings (SSSR count). The summed E-state index contributed by atoms with van der Waals surface area (Å²) in [6.45, 7) is 0. The maximum absolute atomic E-state index is 5.23. The van der Waals surface area contributed by atoms with Gasteiger partial charge in [0.1, 0.15) is 5.75 Å². The Hall–Kier alpha value is -2.34. The molecule has 0 atom stereocenters. The zero-order valence-corrected chi connectivity index (χ0v) is 16.5. The second-order valence-corrected chi connectivity index (χ2v) is 6.96. The molecule has 0 fully saturated rings. The van der Waals surface area contributed by atoms with Gasteiger partial charge in [0, 0.05) is 19.6 Å². The number of hydrogen-bond acceptors (Lipinski definition) is 5. The lowest BCUT2D eigenvalue weighted by atomic mass is 10.1. The van der Waals surface area contributed by atoms with Gasteiger partial charge < -0.3 is 14.2 Å². The number of nitrogens with zero attached hydrogens (tertiary/aromatic N) is 1. The summed E-state index contributed by atoms with van der Waals surface area (Å²) in [6, 6.07) is 18.4. The molecule has 0 radical (unpaired) electrons. The molecule has 0 saturated heterocycles. The normalized spacial score (nSPS) is 11.6. The zero-order chi connectivity index (χ0) is 19.1. The molecule has 0 unspecified atom stereocenters. The summed E-state index contributed by atoms with van der Waals surface area (Å²) in [5, 5.41) is 2.08. The molecular weight excluding hydrogens is 358 g/mol. The average molecular weight is 381 g/mol. The first kappa shape index (κ1) is 19.4. The Bertz CT molecular complexity index is 905. The van der Waals surface area contributed by atoms with Crippen molar-refractivity contribution in [1.82, 2.24) is 4.98 Å². The molecule has 0 spiro atoms. The number of ether oxygens (including phenoxy) is 3. The van der Waals surface area contributed by atoms with Gasteiger partial charge in [0.05, 0.1) is 23.4 Å². The molecule has 5 heteroatoms. The van der Waals surface area contributed by atoms with Gasteiger partial charge in [0.25, 0.3) is 0 Å². The van der Waals surface area contributed by atoms with Crippen molar-refractivity contribution in [1.29, 1.82) is 0 Å². The van der Waals surface area contributed by atoms with E-state index in [1.807, 2.05) is 30.3 Å². The molecule has 0 N–H and O–H groups in total. The third-order valence-electron chi connectivity index (χ3n) is 4.17. The second kappa shape index (κ2) is 9.55. The molecule has 1 aromatic heterocycles. The lowest BCUT2D eigenvalue weighted by Gasteiger charge is -2.12. The van der Waals surface area contributed by atoms with Crippen LogP contribution in [0.5, 0.6) is 5.75 Å². The minimum Gasteiger partial charge on any atom is -0.497 e. The van der Waals surface area contributed by atoms with E-state index in [9.17, 15) is 0 Å². The Morgan fingerprint density at radius 1 is 0.889 bits per heavy atom. The van der Waals surface area contributed by atoms with Crippen LogP contribution >= 0.6 is 11.8 Å². The first-order chi connectivity index (χ1) is 13.2. The molecule has 1 heterocycles. The van der Waals surface area contributed by atoms with Crippen molar-refractivity contribution in [2.75, 3.05) is 27.1 Å². The molecule has 140 valence electrons. The van der Waals surface area contributed by atoms with Crippen LogP contribution in [0.15, 0.2) is 59.6 Å². The molecule has 0 aliphatic rings. The quantitative estimate of drug-likeness (QED) is 0.307. The van der Waals surface area contributed by atoms with Crippen molar-refractivity contribution in [3.05, 3.63) is 65.7 Å². The molecule has 0 saturated carbocycles. The molecule has 4 nitrogen and oxygen atoms in total. The van der Waals surface area contributed by atoms with E-state index < -0.39 is 0 Å². The smallest absolute Gasteiger partial charge is 0.166 e.